The number of carbonyl (C=O) groups excluding carboxylic acids is 2. The largest absolute Gasteiger partial charge is 0.490 e. The molecule has 1 aliphatic rings. The van der Waals surface area contributed by atoms with Gasteiger partial charge >= 0.3 is 6.03 Å². The van der Waals surface area contributed by atoms with Gasteiger partial charge in [0.1, 0.15) is 9.96 Å². The average molecular weight is 639 g/mol. The van der Waals surface area contributed by atoms with Crippen LogP contribution in [-0.2, 0) is 14.8 Å². The molecule has 4 atom stereocenters. The van der Waals surface area contributed by atoms with E-state index in [2.05, 4.69) is 10.0 Å². The summed E-state index contributed by atoms with van der Waals surface area (Å²) < 4.78 is 41.1. The summed E-state index contributed by atoms with van der Waals surface area (Å²) >= 11 is 1.10. The molecule has 0 aliphatic carbocycles. The summed E-state index contributed by atoms with van der Waals surface area (Å²) in [6.07, 6.45) is 1.76. The van der Waals surface area contributed by atoms with E-state index < -0.39 is 22.0 Å². The van der Waals surface area contributed by atoms with Crippen molar-refractivity contribution in [2.24, 2.45) is 5.92 Å². The minimum Gasteiger partial charge on any atom is -0.490 e. The van der Waals surface area contributed by atoms with Crippen molar-refractivity contribution in [1.29, 1.82) is 0 Å². The molecule has 13 heteroatoms. The van der Waals surface area contributed by atoms with Crippen LogP contribution in [0.25, 0.3) is 0 Å². The summed E-state index contributed by atoms with van der Waals surface area (Å²) in [7, 11) is -2.13. The number of ether oxygens (including phenoxy) is 2. The van der Waals surface area contributed by atoms with Crippen molar-refractivity contribution < 1.29 is 32.6 Å². The van der Waals surface area contributed by atoms with Gasteiger partial charge < -0.3 is 29.7 Å². The van der Waals surface area contributed by atoms with Crippen LogP contribution in [0, 0.1) is 5.92 Å². The lowest BCUT2D eigenvalue weighted by Gasteiger charge is -2.36. The highest BCUT2D eigenvalue weighted by Crippen LogP contribution is 2.30. The second-order valence-electron chi connectivity index (χ2n) is 11.5. The van der Waals surface area contributed by atoms with Crippen LogP contribution in [0.5, 0.6) is 5.75 Å². The van der Waals surface area contributed by atoms with Gasteiger partial charge in [-0.05, 0) is 76.6 Å². The first-order valence-corrected chi connectivity index (χ1v) is 17.1. The number of nitrogens with one attached hydrogen (secondary N) is 2. The fourth-order valence-electron chi connectivity index (χ4n) is 4.78. The van der Waals surface area contributed by atoms with Crippen molar-refractivity contribution in [2.45, 2.75) is 82.4 Å². The van der Waals surface area contributed by atoms with E-state index in [0.29, 0.717) is 18.9 Å². The average Bonchev–Trinajstić information content (AvgIpc) is 3.50. The van der Waals surface area contributed by atoms with Crippen molar-refractivity contribution in [3.8, 4) is 5.75 Å². The maximum Gasteiger partial charge on any atom is 0.317 e. The molecule has 0 saturated heterocycles. The number of hydrogen-bond donors (Lipinski definition) is 3. The molecule has 3 rings (SSSR count). The normalized spacial score (nSPS) is 21.3. The topological polar surface area (TPSA) is 138 Å². The predicted molar refractivity (Wildman–Crippen MR) is 168 cm³/mol. The van der Waals surface area contributed by atoms with Crippen molar-refractivity contribution in [3.05, 3.63) is 41.3 Å². The molecule has 0 unspecified atom stereocenters. The van der Waals surface area contributed by atoms with E-state index in [-0.39, 0.29) is 58.8 Å². The number of amides is 3. The van der Waals surface area contributed by atoms with Crippen LogP contribution in [0.3, 0.4) is 0 Å². The zero-order valence-electron chi connectivity index (χ0n) is 25.9. The number of aliphatic hydroxyl groups excluding tert-OH is 1. The number of anilines is 1. The van der Waals surface area contributed by atoms with Gasteiger partial charge in [-0.25, -0.2) is 13.2 Å². The molecule has 0 radical (unpaired) electrons. The van der Waals surface area contributed by atoms with Crippen LogP contribution in [-0.4, -0.2) is 92.9 Å². The smallest absolute Gasteiger partial charge is 0.317 e. The first-order valence-electron chi connectivity index (χ1n) is 14.7. The highest BCUT2D eigenvalue weighted by atomic mass is 32.2. The molecule has 0 saturated carbocycles. The monoisotopic (exact) mass is 638 g/mol. The summed E-state index contributed by atoms with van der Waals surface area (Å²) in [5, 5.41) is 14.7. The number of nitrogens with zero attached hydrogens (tertiary/aromatic N) is 2. The summed E-state index contributed by atoms with van der Waals surface area (Å²) in [4.78, 5) is 30.0. The third-order valence-corrected chi connectivity index (χ3v) is 10.1. The first kappa shape index (κ1) is 34.6. The Hall–Kier alpha value is -2.87. The van der Waals surface area contributed by atoms with Crippen molar-refractivity contribution >= 4 is 39.0 Å². The predicted octanol–water partition coefficient (Wildman–Crippen LogP) is 4.39. The summed E-state index contributed by atoms with van der Waals surface area (Å²) in [5.74, 6) is -0.275. The van der Waals surface area contributed by atoms with Gasteiger partial charge in [-0.15, -0.1) is 11.3 Å². The van der Waals surface area contributed by atoms with Gasteiger partial charge in [-0.2, -0.15) is 0 Å². The van der Waals surface area contributed by atoms with E-state index in [9.17, 15) is 23.1 Å². The Balaban J connectivity index is 1.97. The van der Waals surface area contributed by atoms with Crippen molar-refractivity contribution in [3.63, 3.8) is 0 Å². The molecule has 0 spiro atoms. The van der Waals surface area contributed by atoms with Crippen LogP contribution in [0.4, 0.5) is 10.5 Å². The molecule has 1 aromatic carbocycles. The van der Waals surface area contributed by atoms with E-state index in [0.717, 1.165) is 30.6 Å². The van der Waals surface area contributed by atoms with E-state index in [1.165, 1.54) is 12.1 Å². The molecular formula is C30H46N4O7S2. The van der Waals surface area contributed by atoms with Gasteiger partial charge in [0.15, 0.2) is 0 Å². The standard InChI is InChI=1S/C30H46N4O7S2/c1-20(2)31-30(37)33(6)18-27-21(3)17-34(22(4)19-35)29(36)25-16-24(32-43(38,39)28-11-9-15-42-28)12-13-26(25)41-23(5)10-7-8-14-40-27/h9,11-13,15-16,20-23,27,32,35H,7-8,10,14,17-19H2,1-6H3,(H,31,37)/t21-,22-,23-,27-/m1/s1. The number of thiophene rings is 1. The molecule has 11 nitrogen and oxygen atoms in total. The third-order valence-electron chi connectivity index (χ3n) is 7.28. The van der Waals surface area contributed by atoms with Crippen molar-refractivity contribution in [1.82, 2.24) is 15.1 Å². The van der Waals surface area contributed by atoms with Gasteiger partial charge in [-0.3, -0.25) is 9.52 Å². The maximum atomic E-state index is 14.2. The SMILES string of the molecule is CC(C)NC(=O)N(C)C[C@H]1OCCCC[C@@H](C)Oc2ccc(NS(=O)(=O)c3cccs3)cc2C(=O)N([C@H](C)CO)C[C@H]1C. The first-order chi connectivity index (χ1) is 20.3. The van der Waals surface area contributed by atoms with Crippen molar-refractivity contribution in [2.75, 3.05) is 38.1 Å². The molecule has 2 heterocycles. The highest BCUT2D eigenvalue weighted by Gasteiger charge is 2.31. The Labute approximate surface area is 259 Å². The molecule has 0 bridgehead atoms. The zero-order chi connectivity index (χ0) is 31.7. The fraction of sp³-hybridized carbons (Fsp3) is 0.600. The second-order valence-corrected chi connectivity index (χ2v) is 14.4. The highest BCUT2D eigenvalue weighted by molar-refractivity contribution is 7.94. The molecular weight excluding hydrogens is 592 g/mol. The molecule has 3 amide bonds. The van der Waals surface area contributed by atoms with E-state index in [1.54, 1.807) is 47.4 Å². The van der Waals surface area contributed by atoms with Crippen LogP contribution >= 0.6 is 11.3 Å². The molecule has 2 aromatic rings. The van der Waals surface area contributed by atoms with E-state index in [1.807, 2.05) is 27.7 Å². The lowest BCUT2D eigenvalue weighted by Crippen LogP contribution is -2.49. The number of sulfonamides is 1. The quantitative estimate of drug-likeness (QED) is 0.390. The summed E-state index contributed by atoms with van der Waals surface area (Å²) in [5.41, 5.74) is 0.412. The Bertz CT molecular complexity index is 1300. The van der Waals surface area contributed by atoms with Crippen LogP contribution in [0.2, 0.25) is 0 Å². The summed E-state index contributed by atoms with van der Waals surface area (Å²) in [6, 6.07) is 7.07. The number of urea groups is 1. The van der Waals surface area contributed by atoms with Gasteiger partial charge in [-0.1, -0.05) is 13.0 Å². The van der Waals surface area contributed by atoms with Crippen LogP contribution in [0.1, 0.15) is 64.2 Å². The fourth-order valence-corrected chi connectivity index (χ4v) is 6.82. The number of rotatable bonds is 8. The molecule has 1 aliphatic heterocycles. The van der Waals surface area contributed by atoms with Gasteiger partial charge in [0.2, 0.25) is 0 Å². The van der Waals surface area contributed by atoms with Gasteiger partial charge in [0.25, 0.3) is 15.9 Å². The number of benzene rings is 1. The van der Waals surface area contributed by atoms with E-state index >= 15 is 0 Å². The van der Waals surface area contributed by atoms with Crippen LogP contribution < -0.4 is 14.8 Å². The number of likely N-dealkylation sites (N-methyl/N-ethyl adjacent to an activating group) is 1. The molecule has 0 fully saturated rings. The van der Waals surface area contributed by atoms with E-state index in [4.69, 9.17) is 9.47 Å². The number of carbonyl (C=O) groups is 2. The molecule has 3 N–H and O–H groups in total. The maximum absolute atomic E-state index is 14.2. The van der Waals surface area contributed by atoms with Crippen LogP contribution in [0.15, 0.2) is 39.9 Å². The number of aliphatic hydroxyl groups is 1. The zero-order valence-corrected chi connectivity index (χ0v) is 27.5. The number of fused-ring (bicyclic) bond motifs is 1. The Morgan fingerprint density at radius 1 is 1.21 bits per heavy atom. The second kappa shape index (κ2) is 15.7. The lowest BCUT2D eigenvalue weighted by atomic mass is 10.0. The van der Waals surface area contributed by atoms with Gasteiger partial charge in [0.05, 0.1) is 30.4 Å². The lowest BCUT2D eigenvalue weighted by molar-refractivity contribution is -0.0122. The van der Waals surface area contributed by atoms with Gasteiger partial charge in [0, 0.05) is 44.4 Å². The third kappa shape index (κ3) is 9.82. The minimum atomic E-state index is -3.84. The molecule has 240 valence electrons. The molecule has 1 aromatic heterocycles. The Kier molecular flexibility index (Phi) is 12.7. The Morgan fingerprint density at radius 3 is 2.60 bits per heavy atom. The minimum absolute atomic E-state index is 0.0141. The molecule has 43 heavy (non-hydrogen) atoms. The summed E-state index contributed by atoms with van der Waals surface area (Å²) in [6.45, 7) is 10.2. The number of hydrogen-bond acceptors (Lipinski definition) is 8. The Morgan fingerprint density at radius 2 is 1.95 bits per heavy atom.